The molecule has 0 bridgehead atoms. The maximum atomic E-state index is 6.65. The molecule has 0 amide bonds. The lowest BCUT2D eigenvalue weighted by Gasteiger charge is -2.57. The highest BCUT2D eigenvalue weighted by atomic mass is 79.9. The number of fused-ring (bicyclic) bond motifs is 2. The summed E-state index contributed by atoms with van der Waals surface area (Å²) >= 11 is 14.3. The fourth-order valence-electron chi connectivity index (χ4n) is 4.25. The maximum Gasteiger partial charge on any atom is 0.107 e. The molecule has 4 heteroatoms. The minimum atomic E-state index is -0.143. The summed E-state index contributed by atoms with van der Waals surface area (Å²) in [4.78, 5) is 0.185. The molecule has 5 atom stereocenters. The molecule has 2 aliphatic carbocycles. The fraction of sp³-hybridized carbons (Fsp3) is 0.867. The molecule has 1 saturated heterocycles. The van der Waals surface area contributed by atoms with Crippen LogP contribution in [0.4, 0.5) is 0 Å². The van der Waals surface area contributed by atoms with Gasteiger partial charge in [0, 0.05) is 20.1 Å². The third-order valence-corrected chi connectivity index (χ3v) is 9.43. The second-order valence-electron chi connectivity index (χ2n) is 7.32. The lowest BCUT2D eigenvalue weighted by molar-refractivity contribution is -0.0251. The number of ether oxygens (including phenoxy) is 1. The van der Waals surface area contributed by atoms with Gasteiger partial charge in [-0.15, -0.1) is 11.6 Å². The highest BCUT2D eigenvalue weighted by Crippen LogP contribution is 2.71. The molecule has 1 aliphatic heterocycles. The van der Waals surface area contributed by atoms with Crippen molar-refractivity contribution in [2.24, 2.45) is 10.8 Å². The summed E-state index contributed by atoms with van der Waals surface area (Å²) in [7, 11) is 0. The summed E-state index contributed by atoms with van der Waals surface area (Å²) in [5, 5.41) is 0. The zero-order chi connectivity index (χ0) is 14.3. The van der Waals surface area contributed by atoms with Gasteiger partial charge in [-0.05, 0) is 39.2 Å². The zero-order valence-electron chi connectivity index (χ0n) is 11.9. The molecule has 2 unspecified atom stereocenters. The highest BCUT2D eigenvalue weighted by molar-refractivity contribution is 9.11. The van der Waals surface area contributed by atoms with Crippen molar-refractivity contribution < 1.29 is 4.74 Å². The molecule has 3 rings (SSSR count). The van der Waals surface area contributed by atoms with Crippen LogP contribution in [0.2, 0.25) is 0 Å². The van der Waals surface area contributed by atoms with E-state index < -0.39 is 0 Å². The van der Waals surface area contributed by atoms with Crippen LogP contribution in [0.1, 0.15) is 47.0 Å². The molecule has 0 radical (unpaired) electrons. The molecule has 0 N–H and O–H groups in total. The van der Waals surface area contributed by atoms with E-state index in [1.165, 1.54) is 4.48 Å². The molecule has 3 aliphatic rings. The topological polar surface area (TPSA) is 12.5 Å². The molecule has 1 heterocycles. The summed E-state index contributed by atoms with van der Waals surface area (Å²) in [5.41, 5.74) is 0.224. The Morgan fingerprint density at radius 1 is 1.26 bits per heavy atom. The minimum Gasteiger partial charge on any atom is -0.361 e. The molecular weight excluding hydrogens is 391 g/mol. The summed E-state index contributed by atoms with van der Waals surface area (Å²) < 4.78 is 7.40. The third-order valence-electron chi connectivity index (χ3n) is 6.12. The Balaban J connectivity index is 2.06. The van der Waals surface area contributed by atoms with E-state index in [4.69, 9.17) is 16.3 Å². The first-order chi connectivity index (χ1) is 8.57. The van der Waals surface area contributed by atoms with E-state index in [1.807, 2.05) is 0 Å². The van der Waals surface area contributed by atoms with Crippen molar-refractivity contribution in [1.29, 1.82) is 0 Å². The Morgan fingerprint density at radius 3 is 2.47 bits per heavy atom. The van der Waals surface area contributed by atoms with Gasteiger partial charge in [-0.25, -0.2) is 0 Å². The van der Waals surface area contributed by atoms with Crippen LogP contribution in [-0.4, -0.2) is 21.4 Å². The number of allylic oxidation sites excluding steroid dienone is 1. The van der Waals surface area contributed by atoms with Gasteiger partial charge in [0.1, 0.15) is 11.7 Å². The number of epoxide rings is 1. The van der Waals surface area contributed by atoms with Gasteiger partial charge in [0.15, 0.2) is 0 Å². The van der Waals surface area contributed by atoms with Crippen molar-refractivity contribution in [1.82, 2.24) is 0 Å². The van der Waals surface area contributed by atoms with E-state index in [0.717, 1.165) is 19.3 Å². The van der Waals surface area contributed by atoms with Crippen LogP contribution in [-0.2, 0) is 4.74 Å². The van der Waals surface area contributed by atoms with Crippen LogP contribution in [0, 0.1) is 10.8 Å². The number of rotatable bonds is 0. The summed E-state index contributed by atoms with van der Waals surface area (Å²) in [6, 6.07) is 0. The molecule has 1 nitrogen and oxygen atoms in total. The van der Waals surface area contributed by atoms with Gasteiger partial charge in [-0.1, -0.05) is 45.7 Å². The Hall–Kier alpha value is 0.950. The van der Waals surface area contributed by atoms with Crippen LogP contribution >= 0.6 is 43.5 Å². The van der Waals surface area contributed by atoms with Gasteiger partial charge in [-0.3, -0.25) is 0 Å². The first kappa shape index (κ1) is 14.9. The lowest BCUT2D eigenvalue weighted by atomic mass is 9.49. The van der Waals surface area contributed by atoms with Crippen molar-refractivity contribution >= 4 is 43.5 Å². The predicted molar refractivity (Wildman–Crippen MR) is 87.3 cm³/mol. The first-order valence-electron chi connectivity index (χ1n) is 6.95. The van der Waals surface area contributed by atoms with Crippen molar-refractivity contribution in [3.63, 3.8) is 0 Å². The van der Waals surface area contributed by atoms with E-state index in [1.54, 1.807) is 0 Å². The van der Waals surface area contributed by atoms with Crippen molar-refractivity contribution in [2.75, 3.05) is 0 Å². The lowest BCUT2D eigenvalue weighted by Crippen LogP contribution is -2.57. The summed E-state index contributed by atoms with van der Waals surface area (Å²) in [6.45, 7) is 9.11. The number of halogens is 3. The number of alkyl halides is 2. The second kappa shape index (κ2) is 4.02. The molecule has 0 aromatic carbocycles. The average molecular weight is 413 g/mol. The van der Waals surface area contributed by atoms with E-state index in [9.17, 15) is 0 Å². The summed E-state index contributed by atoms with van der Waals surface area (Å²) in [5.74, 6) is 0. The third kappa shape index (κ3) is 1.74. The van der Waals surface area contributed by atoms with E-state index in [2.05, 4.69) is 65.6 Å². The summed E-state index contributed by atoms with van der Waals surface area (Å²) in [6.07, 6.45) is 5.74. The zero-order valence-corrected chi connectivity index (χ0v) is 15.8. The molecule has 1 spiro atoms. The molecular formula is C15H21Br2ClO. The highest BCUT2D eigenvalue weighted by Gasteiger charge is 2.73. The molecule has 108 valence electrons. The quantitative estimate of drug-likeness (QED) is 0.384. The first-order valence-corrected chi connectivity index (χ1v) is 9.04. The average Bonchev–Trinajstić information content (AvgIpc) is 2.94. The van der Waals surface area contributed by atoms with Gasteiger partial charge in [0.05, 0.1) is 4.87 Å². The Kier molecular flexibility index (Phi) is 3.15. The Labute approximate surface area is 137 Å². The van der Waals surface area contributed by atoms with Crippen molar-refractivity contribution in [3.8, 4) is 0 Å². The molecule has 0 aromatic heterocycles. The van der Waals surface area contributed by atoms with Crippen LogP contribution in [0.15, 0.2) is 10.6 Å². The smallest absolute Gasteiger partial charge is 0.107 e. The predicted octanol–water partition coefficient (Wildman–Crippen LogP) is 5.39. The normalized spacial score (nSPS) is 55.6. The number of hydrogen-bond acceptors (Lipinski definition) is 1. The number of hydrogen-bond donors (Lipinski definition) is 0. The maximum absolute atomic E-state index is 6.65. The van der Waals surface area contributed by atoms with Crippen LogP contribution < -0.4 is 0 Å². The van der Waals surface area contributed by atoms with Gasteiger partial charge >= 0.3 is 0 Å². The van der Waals surface area contributed by atoms with E-state index >= 15 is 0 Å². The Morgan fingerprint density at radius 2 is 1.89 bits per heavy atom. The van der Waals surface area contributed by atoms with E-state index in [-0.39, 0.29) is 27.4 Å². The van der Waals surface area contributed by atoms with E-state index in [0.29, 0.717) is 4.83 Å². The molecule has 0 aromatic rings. The largest absolute Gasteiger partial charge is 0.361 e. The van der Waals surface area contributed by atoms with Gasteiger partial charge in [0.25, 0.3) is 0 Å². The van der Waals surface area contributed by atoms with Gasteiger partial charge < -0.3 is 4.74 Å². The minimum absolute atomic E-state index is 0.0207. The van der Waals surface area contributed by atoms with Crippen molar-refractivity contribution in [2.45, 2.75) is 68.4 Å². The van der Waals surface area contributed by atoms with Gasteiger partial charge in [-0.2, -0.15) is 0 Å². The standard InChI is InChI=1S/C15H21Br2ClO/c1-12(2)9(16)7-11-14(4,19-11)15(12)6-5-13(3,18)10(17)8-15/h7,10-11H,5-6,8H2,1-4H3/t10?,11-,13?,14-,15-/m1/s1. The second-order valence-corrected chi connectivity index (χ2v) is 10.1. The van der Waals surface area contributed by atoms with Crippen LogP contribution in [0.5, 0.6) is 0 Å². The van der Waals surface area contributed by atoms with Gasteiger partial charge in [0.2, 0.25) is 0 Å². The van der Waals surface area contributed by atoms with Crippen LogP contribution in [0.3, 0.4) is 0 Å². The Bertz CT molecular complexity index is 459. The monoisotopic (exact) mass is 410 g/mol. The molecule has 19 heavy (non-hydrogen) atoms. The fourth-order valence-corrected chi connectivity index (χ4v) is 5.82. The molecule has 2 fully saturated rings. The SMILES string of the molecule is CC1(Cl)CC[C@@]2(CC1Br)C(C)(C)C(Br)=C[C@H]1O[C@]12C. The van der Waals surface area contributed by atoms with Crippen molar-refractivity contribution in [3.05, 3.63) is 10.6 Å². The van der Waals surface area contributed by atoms with Crippen LogP contribution in [0.25, 0.3) is 0 Å². The molecule has 1 saturated carbocycles.